The van der Waals surface area contributed by atoms with Crippen molar-refractivity contribution in [2.75, 3.05) is 36.6 Å². The van der Waals surface area contributed by atoms with Crippen LogP contribution in [-0.4, -0.2) is 62.9 Å². The highest BCUT2D eigenvalue weighted by molar-refractivity contribution is 6.09. The molecule has 0 atom stereocenters. The molecular formula is C42H39N8O5+. The number of aromatic carboxylic acids is 1. The lowest BCUT2D eigenvalue weighted by atomic mass is 9.89. The summed E-state index contributed by atoms with van der Waals surface area (Å²) in [6.45, 7) is -13.2. The van der Waals surface area contributed by atoms with Crippen LogP contribution in [0.5, 0.6) is 5.88 Å². The molecule has 2 aromatic heterocycles. The van der Waals surface area contributed by atoms with E-state index in [0.717, 1.165) is 29.8 Å². The van der Waals surface area contributed by atoms with Crippen LogP contribution in [0.3, 0.4) is 0 Å². The van der Waals surface area contributed by atoms with Gasteiger partial charge in [-0.05, 0) is 65.8 Å². The molecule has 0 saturated carbocycles. The van der Waals surface area contributed by atoms with Crippen LogP contribution < -0.4 is 30.6 Å². The van der Waals surface area contributed by atoms with Gasteiger partial charge in [0.15, 0.2) is 5.65 Å². The first kappa shape index (κ1) is 20.6. The van der Waals surface area contributed by atoms with Gasteiger partial charge in [-0.3, -0.25) is 4.79 Å². The maximum Gasteiger partial charge on any atom is 0.336 e. The minimum atomic E-state index is -3.43. The molecule has 9 rings (SSSR count). The van der Waals surface area contributed by atoms with Gasteiger partial charge in [0.1, 0.15) is 41.9 Å². The van der Waals surface area contributed by atoms with E-state index in [1.807, 2.05) is 0 Å². The Kier molecular flexibility index (Phi) is 5.34. The van der Waals surface area contributed by atoms with Gasteiger partial charge >= 0.3 is 5.97 Å². The van der Waals surface area contributed by atoms with Crippen molar-refractivity contribution in [3.8, 4) is 28.3 Å². The molecule has 1 amide bonds. The van der Waals surface area contributed by atoms with E-state index in [-0.39, 0.29) is 79.0 Å². The Balaban J connectivity index is 1.14. The SMILES string of the molecule is [2H]C1([2H])N(c2ccc3c(-c4cc(C(=O)NCc5ccc(COc6nc(N)nc7nc[nH]c67)cc5)ccc4C(=O)O)c4ccc(=[N+]5C([2H])([2H])C([2H])([2H])C([2H])([2H])C5([2H])[2H])cc-4oc3c2)C([2H])([2H])C([2H])([2H])C1([2H])[2H]. The molecule has 1 aliphatic carbocycles. The molecule has 5 N–H and O–H groups in total. The maximum atomic E-state index is 13.9. The second-order valence-corrected chi connectivity index (χ2v) is 12.3. The predicted octanol–water partition coefficient (Wildman–Crippen LogP) is 5.83. The van der Waals surface area contributed by atoms with E-state index in [1.165, 1.54) is 36.7 Å². The summed E-state index contributed by atoms with van der Waals surface area (Å²) in [5.41, 5.74) is 6.80. The molecule has 55 heavy (non-hydrogen) atoms. The van der Waals surface area contributed by atoms with Crippen molar-refractivity contribution in [3.05, 3.63) is 113 Å². The highest BCUT2D eigenvalue weighted by Gasteiger charge is 2.25. The molecule has 2 saturated heterocycles. The smallest absolute Gasteiger partial charge is 0.336 e. The third-order valence-electron chi connectivity index (χ3n) is 8.90. The molecule has 13 heteroatoms. The Morgan fingerprint density at radius 3 is 2.55 bits per heavy atom. The Morgan fingerprint density at radius 2 is 1.75 bits per heavy atom. The van der Waals surface area contributed by atoms with Gasteiger partial charge in [0.25, 0.3) is 5.91 Å². The molecule has 0 radical (unpaired) electrons. The summed E-state index contributed by atoms with van der Waals surface area (Å²) in [6, 6.07) is 17.6. The molecule has 13 nitrogen and oxygen atoms in total. The maximum absolute atomic E-state index is 13.9. The van der Waals surface area contributed by atoms with Gasteiger partial charge in [0.2, 0.25) is 17.2 Å². The number of ether oxygens (including phenoxy) is 1. The Labute approximate surface area is 338 Å². The molecule has 2 fully saturated rings. The number of nitrogens with zero attached hydrogens (tertiary/aromatic N) is 5. The predicted molar refractivity (Wildman–Crippen MR) is 209 cm³/mol. The molecule has 276 valence electrons. The number of fused-ring (bicyclic) bond motifs is 3. The number of anilines is 2. The minimum absolute atomic E-state index is 0.00942. The quantitative estimate of drug-likeness (QED) is 0.104. The van der Waals surface area contributed by atoms with Gasteiger partial charge in [-0.15, -0.1) is 0 Å². The van der Waals surface area contributed by atoms with Crippen molar-refractivity contribution in [3.63, 3.8) is 0 Å². The number of carboxylic acid groups (broad SMARTS) is 1. The molecule has 0 spiro atoms. The fourth-order valence-corrected chi connectivity index (χ4v) is 6.28. The number of rotatable bonds is 9. The highest BCUT2D eigenvalue weighted by atomic mass is 16.5. The number of carboxylic acids is 1. The lowest BCUT2D eigenvalue weighted by Gasteiger charge is -2.21. The number of H-pyrrole nitrogens is 1. The number of hydrogen-bond acceptors (Lipinski definition) is 9. The summed E-state index contributed by atoms with van der Waals surface area (Å²) >= 11 is 0. The molecule has 5 heterocycles. The third kappa shape index (κ3) is 6.69. The zero-order chi connectivity index (χ0) is 51.8. The molecule has 0 bridgehead atoms. The summed E-state index contributed by atoms with van der Waals surface area (Å²) in [4.78, 5) is 42.3. The van der Waals surface area contributed by atoms with Crippen LogP contribution in [0, 0.1) is 0 Å². The zero-order valence-electron chi connectivity index (χ0n) is 44.4. The Bertz CT molecular complexity index is 3350. The van der Waals surface area contributed by atoms with E-state index in [9.17, 15) is 14.7 Å². The number of hydrogen-bond donors (Lipinski definition) is 4. The average molecular weight is 752 g/mol. The summed E-state index contributed by atoms with van der Waals surface area (Å²) in [5, 5.41) is 13.0. The van der Waals surface area contributed by atoms with Crippen LogP contribution in [0.15, 0.2) is 89.6 Å². The van der Waals surface area contributed by atoms with Crippen molar-refractivity contribution in [2.45, 2.75) is 38.6 Å². The van der Waals surface area contributed by atoms with Gasteiger partial charge in [-0.1, -0.05) is 24.3 Å². The van der Waals surface area contributed by atoms with E-state index in [4.69, 9.17) is 36.8 Å². The number of aromatic nitrogens is 4. The number of carbonyl (C=O) groups is 2. The summed E-state index contributed by atoms with van der Waals surface area (Å²) in [7, 11) is 0. The van der Waals surface area contributed by atoms with E-state index in [0.29, 0.717) is 16.7 Å². The average Bonchev–Trinajstić information content (AvgIpc) is 3.81. The third-order valence-corrected chi connectivity index (χ3v) is 8.90. The van der Waals surface area contributed by atoms with E-state index in [2.05, 4.69) is 25.3 Å². The first-order chi connectivity index (χ1) is 32.9. The van der Waals surface area contributed by atoms with Crippen molar-refractivity contribution >= 4 is 45.6 Å². The van der Waals surface area contributed by atoms with Gasteiger partial charge in [-0.2, -0.15) is 9.97 Å². The van der Waals surface area contributed by atoms with Gasteiger partial charge < -0.3 is 35.2 Å². The number of nitrogens with one attached hydrogen (secondary N) is 2. The van der Waals surface area contributed by atoms with Crippen molar-refractivity contribution in [1.82, 2.24) is 29.8 Å². The fraction of sp³-hybridized carbons (Fsp3) is 0.238. The minimum Gasteiger partial charge on any atom is -0.478 e. The van der Waals surface area contributed by atoms with E-state index < -0.39 is 74.4 Å². The van der Waals surface area contributed by atoms with Crippen LogP contribution in [0.25, 0.3) is 44.6 Å². The lowest BCUT2D eigenvalue weighted by Crippen LogP contribution is -2.26. The van der Waals surface area contributed by atoms with Gasteiger partial charge in [0.05, 0.1) is 18.0 Å². The van der Waals surface area contributed by atoms with Crippen LogP contribution in [0.1, 0.15) is 79.3 Å². The van der Waals surface area contributed by atoms with Crippen LogP contribution in [0.2, 0.25) is 0 Å². The van der Waals surface area contributed by atoms with E-state index >= 15 is 0 Å². The zero-order valence-corrected chi connectivity index (χ0v) is 28.4. The number of aromatic amines is 1. The number of nitrogens with two attached hydrogens (primary N) is 1. The lowest BCUT2D eigenvalue weighted by molar-refractivity contribution is 0.0697. The number of benzene rings is 4. The molecule has 4 aliphatic rings. The largest absolute Gasteiger partial charge is 0.478 e. The second kappa shape index (κ2) is 14.2. The Morgan fingerprint density at radius 1 is 0.945 bits per heavy atom. The first-order valence-corrected chi connectivity index (χ1v) is 16.7. The summed E-state index contributed by atoms with van der Waals surface area (Å²) in [5.74, 6) is -2.22. The molecule has 3 aliphatic heterocycles. The van der Waals surface area contributed by atoms with E-state index in [1.54, 1.807) is 24.3 Å². The normalized spacial score (nSPS) is 26.0. The van der Waals surface area contributed by atoms with Crippen molar-refractivity contribution < 1.29 is 45.8 Å². The standard InChI is InChI=1S/C42H38N8O5/c43-42-47-38-37(45-24-46-38)40(48-42)54-23-26-7-5-25(6-8-26)22-44-39(51)27-9-12-30(41(52)53)33(19-27)36-31-13-10-28(49-15-1-2-16-49)20-34(31)55-35-21-29(11-14-32(35)36)50-17-3-4-18-50/h5-14,19-21,24H,1-4,15-18,22-23H2,(H4-,43,44,45,46,47,48,51,52,53)/p+1/i1D2,2D2,3D2,4D2,15D2,16D2,17D2,18D2. The van der Waals surface area contributed by atoms with Gasteiger partial charge in [-0.25, -0.2) is 14.4 Å². The number of carbonyl (C=O) groups excluding carboxylic acids is 1. The summed E-state index contributed by atoms with van der Waals surface area (Å²) < 4.78 is 148. The fourth-order valence-electron chi connectivity index (χ4n) is 6.28. The number of imidazole rings is 1. The Hall–Kier alpha value is -6.76. The summed E-state index contributed by atoms with van der Waals surface area (Å²) in [6.07, 6.45) is -12.3. The topological polar surface area (TPSA) is 176 Å². The van der Waals surface area contributed by atoms with Gasteiger partial charge in [0, 0.05) is 88.6 Å². The highest BCUT2D eigenvalue weighted by Crippen LogP contribution is 2.42. The number of nitrogen functional groups attached to an aromatic ring is 1. The molecule has 3 aromatic carbocycles. The monoisotopic (exact) mass is 751 g/mol. The second-order valence-electron chi connectivity index (χ2n) is 12.3. The van der Waals surface area contributed by atoms with Crippen molar-refractivity contribution in [2.24, 2.45) is 0 Å². The molecular weight excluding hydrogens is 697 g/mol. The van der Waals surface area contributed by atoms with Crippen LogP contribution in [-0.2, 0) is 13.2 Å². The van der Waals surface area contributed by atoms with Crippen molar-refractivity contribution in [1.29, 1.82) is 0 Å². The van der Waals surface area contributed by atoms with Crippen LogP contribution >= 0.6 is 0 Å². The van der Waals surface area contributed by atoms with Crippen LogP contribution in [0.4, 0.5) is 11.6 Å². The molecule has 0 unspecified atom stereocenters. The number of amides is 1. The molecule has 5 aromatic rings. The first-order valence-electron chi connectivity index (χ1n) is 24.7.